The number of aromatic nitrogens is 1. The van der Waals surface area contributed by atoms with Crippen LogP contribution < -0.4 is 5.32 Å². The van der Waals surface area contributed by atoms with Crippen LogP contribution in [-0.2, 0) is 11.2 Å². The molecule has 0 bridgehead atoms. The largest absolute Gasteiger partial charge is 0.441 e. The van der Waals surface area contributed by atoms with E-state index < -0.39 is 0 Å². The summed E-state index contributed by atoms with van der Waals surface area (Å²) in [6, 6.07) is 6.43. The van der Waals surface area contributed by atoms with Gasteiger partial charge in [0.25, 0.3) is 0 Å². The molecule has 27 heavy (non-hydrogen) atoms. The van der Waals surface area contributed by atoms with E-state index in [0.29, 0.717) is 36.0 Å². The molecule has 0 spiro atoms. The van der Waals surface area contributed by atoms with Crippen molar-refractivity contribution in [2.24, 2.45) is 5.92 Å². The normalized spacial score (nSPS) is 16.4. The second-order valence-electron chi connectivity index (χ2n) is 6.50. The number of aryl methyl sites for hydroxylation is 1. The number of halogens is 3. The molecular weight excluding hydrogens is 392 g/mol. The summed E-state index contributed by atoms with van der Waals surface area (Å²) in [4.78, 5) is 18.5. The minimum Gasteiger partial charge on any atom is -0.441 e. The Labute approximate surface area is 171 Å². The Morgan fingerprint density at radius 1 is 1.37 bits per heavy atom. The number of carbonyl (C=O) groups is 1. The topological polar surface area (TPSA) is 58.4 Å². The van der Waals surface area contributed by atoms with E-state index >= 15 is 0 Å². The van der Waals surface area contributed by atoms with Gasteiger partial charge in [-0.3, -0.25) is 4.79 Å². The molecule has 1 amide bonds. The smallest absolute Gasteiger partial charge is 0.223 e. The average Bonchev–Trinajstić information content (AvgIpc) is 3.09. The number of hydrogen-bond acceptors (Lipinski definition) is 4. The van der Waals surface area contributed by atoms with E-state index in [9.17, 15) is 9.18 Å². The zero-order chi connectivity index (χ0) is 17.6. The van der Waals surface area contributed by atoms with E-state index in [-0.39, 0.29) is 36.5 Å². The number of piperidine rings is 1. The van der Waals surface area contributed by atoms with Crippen molar-refractivity contribution < 1.29 is 13.6 Å². The highest BCUT2D eigenvalue weighted by Crippen LogP contribution is 2.24. The van der Waals surface area contributed by atoms with Gasteiger partial charge in [-0.25, -0.2) is 9.37 Å². The van der Waals surface area contributed by atoms with E-state index in [4.69, 9.17) is 4.42 Å². The molecule has 2 aromatic rings. The SMILES string of the molecule is CNCC1CCCN(C(=O)CCc2ncc(-c3ccccc3F)o2)C1.Cl.Cl. The molecule has 1 aliphatic heterocycles. The summed E-state index contributed by atoms with van der Waals surface area (Å²) < 4.78 is 19.4. The highest BCUT2D eigenvalue weighted by atomic mass is 35.5. The molecule has 0 radical (unpaired) electrons. The Hall–Kier alpha value is -1.63. The van der Waals surface area contributed by atoms with Gasteiger partial charge in [0.1, 0.15) is 5.82 Å². The summed E-state index contributed by atoms with van der Waals surface area (Å²) >= 11 is 0. The first-order chi connectivity index (χ1) is 12.2. The summed E-state index contributed by atoms with van der Waals surface area (Å²) in [5.41, 5.74) is 0.388. The highest BCUT2D eigenvalue weighted by Gasteiger charge is 2.23. The van der Waals surface area contributed by atoms with Gasteiger partial charge in [0.15, 0.2) is 11.7 Å². The van der Waals surface area contributed by atoms with Crippen molar-refractivity contribution in [3.05, 3.63) is 42.2 Å². The molecule has 1 fully saturated rings. The second-order valence-corrected chi connectivity index (χ2v) is 6.50. The Kier molecular flexibility index (Phi) is 9.77. The lowest BCUT2D eigenvalue weighted by Gasteiger charge is -2.32. The van der Waals surface area contributed by atoms with Gasteiger partial charge in [-0.05, 0) is 44.5 Å². The number of hydrogen-bond donors (Lipinski definition) is 1. The number of oxazole rings is 1. The highest BCUT2D eigenvalue weighted by molar-refractivity contribution is 5.85. The fourth-order valence-electron chi connectivity index (χ4n) is 3.33. The molecular formula is C19H26Cl2FN3O2. The first-order valence-electron chi connectivity index (χ1n) is 8.79. The van der Waals surface area contributed by atoms with E-state index in [1.54, 1.807) is 18.2 Å². The molecule has 1 aliphatic rings. The number of carbonyl (C=O) groups excluding carboxylic acids is 1. The van der Waals surface area contributed by atoms with Gasteiger partial charge in [-0.15, -0.1) is 24.8 Å². The van der Waals surface area contributed by atoms with Crippen LogP contribution >= 0.6 is 24.8 Å². The third-order valence-corrected chi connectivity index (χ3v) is 4.61. The average molecular weight is 418 g/mol. The van der Waals surface area contributed by atoms with Crippen LogP contribution in [0.3, 0.4) is 0 Å². The van der Waals surface area contributed by atoms with E-state index in [1.807, 2.05) is 11.9 Å². The first-order valence-corrected chi connectivity index (χ1v) is 8.79. The molecule has 1 aromatic carbocycles. The Morgan fingerprint density at radius 3 is 2.89 bits per heavy atom. The molecule has 3 rings (SSSR count). The van der Waals surface area contributed by atoms with Crippen LogP contribution in [0.5, 0.6) is 0 Å². The van der Waals surface area contributed by atoms with E-state index in [2.05, 4.69) is 10.3 Å². The molecule has 2 heterocycles. The molecule has 8 heteroatoms. The van der Waals surface area contributed by atoms with Gasteiger partial charge in [0.05, 0.1) is 11.8 Å². The number of likely N-dealkylation sites (tertiary alicyclic amines) is 1. The van der Waals surface area contributed by atoms with Crippen LogP contribution in [0.1, 0.15) is 25.2 Å². The predicted octanol–water partition coefficient (Wildman–Crippen LogP) is 3.71. The fourth-order valence-corrected chi connectivity index (χ4v) is 3.33. The Balaban J connectivity index is 0.00000182. The van der Waals surface area contributed by atoms with Crippen LogP contribution in [0.25, 0.3) is 11.3 Å². The van der Waals surface area contributed by atoms with Gasteiger partial charge in [0, 0.05) is 25.9 Å². The van der Waals surface area contributed by atoms with Crippen LogP contribution in [-0.4, -0.2) is 42.5 Å². The molecule has 5 nitrogen and oxygen atoms in total. The molecule has 1 aromatic heterocycles. The third kappa shape index (κ3) is 6.19. The molecule has 1 unspecified atom stereocenters. The number of nitrogens with one attached hydrogen (secondary N) is 1. The number of amides is 1. The van der Waals surface area contributed by atoms with E-state index in [0.717, 1.165) is 32.5 Å². The van der Waals surface area contributed by atoms with Gasteiger partial charge in [0.2, 0.25) is 5.91 Å². The quantitative estimate of drug-likeness (QED) is 0.777. The zero-order valence-electron chi connectivity index (χ0n) is 15.3. The van der Waals surface area contributed by atoms with Crippen LogP contribution in [0.4, 0.5) is 4.39 Å². The number of benzene rings is 1. The van der Waals surface area contributed by atoms with Crippen molar-refractivity contribution in [3.8, 4) is 11.3 Å². The van der Waals surface area contributed by atoms with Gasteiger partial charge in [-0.2, -0.15) is 0 Å². The standard InChI is InChI=1S/C19H24FN3O2.2ClH/c1-21-11-14-5-4-10-23(13-14)19(24)9-8-18-22-12-17(25-18)15-6-2-3-7-16(15)20;;/h2-3,6-7,12,14,21H,4-5,8-11,13H2,1H3;2*1H. The molecule has 0 aliphatic carbocycles. The fraction of sp³-hybridized carbons (Fsp3) is 0.474. The summed E-state index contributed by atoms with van der Waals surface area (Å²) in [6.07, 6.45) is 4.52. The molecule has 150 valence electrons. The summed E-state index contributed by atoms with van der Waals surface area (Å²) in [5, 5.41) is 3.18. The van der Waals surface area contributed by atoms with Gasteiger partial charge < -0.3 is 14.6 Å². The maximum atomic E-state index is 13.8. The predicted molar refractivity (Wildman–Crippen MR) is 108 cm³/mol. The Bertz CT molecular complexity index is 724. The lowest BCUT2D eigenvalue weighted by molar-refractivity contribution is -0.133. The van der Waals surface area contributed by atoms with Crippen LogP contribution in [0.15, 0.2) is 34.9 Å². The second kappa shape index (κ2) is 11.3. The molecule has 0 saturated carbocycles. The third-order valence-electron chi connectivity index (χ3n) is 4.61. The summed E-state index contributed by atoms with van der Waals surface area (Å²) in [5.74, 6) is 1.18. The minimum absolute atomic E-state index is 0. The van der Waals surface area contributed by atoms with Crippen molar-refractivity contribution in [1.82, 2.24) is 15.2 Å². The van der Waals surface area contributed by atoms with Crippen molar-refractivity contribution in [3.63, 3.8) is 0 Å². The van der Waals surface area contributed by atoms with Crippen molar-refractivity contribution in [2.75, 3.05) is 26.7 Å². The van der Waals surface area contributed by atoms with Crippen molar-refractivity contribution in [1.29, 1.82) is 0 Å². The minimum atomic E-state index is -0.342. The number of rotatable bonds is 6. The lowest BCUT2D eigenvalue weighted by Crippen LogP contribution is -2.42. The monoisotopic (exact) mass is 417 g/mol. The summed E-state index contributed by atoms with van der Waals surface area (Å²) in [6.45, 7) is 2.58. The van der Waals surface area contributed by atoms with E-state index in [1.165, 1.54) is 12.3 Å². The first kappa shape index (κ1) is 23.4. The Morgan fingerprint density at radius 2 is 2.15 bits per heavy atom. The van der Waals surface area contributed by atoms with Crippen molar-refractivity contribution in [2.45, 2.75) is 25.7 Å². The molecule has 1 N–H and O–H groups in total. The van der Waals surface area contributed by atoms with Gasteiger partial charge in [-0.1, -0.05) is 12.1 Å². The zero-order valence-corrected chi connectivity index (χ0v) is 17.0. The van der Waals surface area contributed by atoms with Crippen molar-refractivity contribution >= 4 is 30.7 Å². The molecule has 1 atom stereocenters. The number of nitrogens with zero attached hydrogens (tertiary/aromatic N) is 2. The maximum Gasteiger partial charge on any atom is 0.223 e. The lowest BCUT2D eigenvalue weighted by atomic mass is 9.97. The maximum absolute atomic E-state index is 13.8. The van der Waals surface area contributed by atoms with Crippen LogP contribution in [0, 0.1) is 11.7 Å². The molecule has 1 saturated heterocycles. The van der Waals surface area contributed by atoms with Gasteiger partial charge >= 0.3 is 0 Å². The van der Waals surface area contributed by atoms with Crippen LogP contribution in [0.2, 0.25) is 0 Å². The summed E-state index contributed by atoms with van der Waals surface area (Å²) in [7, 11) is 1.94.